The number of rotatable bonds is 10. The number of nitrogens with zero attached hydrogens (tertiary/aromatic N) is 2. The quantitative estimate of drug-likeness (QED) is 0.214. The second-order valence-corrected chi connectivity index (χ2v) is 7.26. The van der Waals surface area contributed by atoms with Gasteiger partial charge in [-0.15, -0.1) is 10.2 Å². The van der Waals surface area contributed by atoms with Crippen molar-refractivity contribution in [2.45, 2.75) is 46.5 Å². The third-order valence-corrected chi connectivity index (χ3v) is 5.10. The van der Waals surface area contributed by atoms with Crippen LogP contribution < -0.4 is 16.4 Å². The molecule has 0 aliphatic carbocycles. The van der Waals surface area contributed by atoms with Gasteiger partial charge in [-0.05, 0) is 49.8 Å². The Hall–Kier alpha value is -3.19. The summed E-state index contributed by atoms with van der Waals surface area (Å²) in [5.41, 5.74) is 9.88. The summed E-state index contributed by atoms with van der Waals surface area (Å²) in [5, 5.41) is 22.9. The summed E-state index contributed by atoms with van der Waals surface area (Å²) in [6, 6.07) is 9.68. The lowest BCUT2D eigenvalue weighted by molar-refractivity contribution is 0.610. The lowest BCUT2D eigenvalue weighted by Crippen LogP contribution is -2.06. The summed E-state index contributed by atoms with van der Waals surface area (Å²) < 4.78 is 0. The summed E-state index contributed by atoms with van der Waals surface area (Å²) in [6.07, 6.45) is 11.5. The summed E-state index contributed by atoms with van der Waals surface area (Å²) in [6.45, 7) is 3.43. The molecule has 174 valence electrons. The fourth-order valence-electron chi connectivity index (χ4n) is 3.35. The molecular formula is C25H39N7. The number of benzene rings is 1. The van der Waals surface area contributed by atoms with Gasteiger partial charge >= 0.3 is 0 Å². The van der Waals surface area contributed by atoms with E-state index in [0.717, 1.165) is 33.5 Å². The van der Waals surface area contributed by atoms with Crippen molar-refractivity contribution in [1.82, 2.24) is 20.5 Å². The van der Waals surface area contributed by atoms with E-state index >= 15 is 0 Å². The molecule has 2 aromatic heterocycles. The molecule has 0 fully saturated rings. The molecule has 0 saturated carbocycles. The van der Waals surface area contributed by atoms with Crippen LogP contribution in [0.15, 0.2) is 42.7 Å². The van der Waals surface area contributed by atoms with E-state index in [2.05, 4.69) is 32.7 Å². The average molecular weight is 438 g/mol. The van der Waals surface area contributed by atoms with Gasteiger partial charge in [0.05, 0.1) is 11.2 Å². The second-order valence-electron chi connectivity index (χ2n) is 7.26. The van der Waals surface area contributed by atoms with Crippen LogP contribution >= 0.6 is 0 Å². The van der Waals surface area contributed by atoms with E-state index < -0.39 is 0 Å². The van der Waals surface area contributed by atoms with Crippen molar-refractivity contribution in [2.24, 2.45) is 5.73 Å². The number of nitrogens with two attached hydrogens (primary N) is 1. The van der Waals surface area contributed by atoms with Gasteiger partial charge in [0.15, 0.2) is 0 Å². The topological polar surface area (TPSA) is 116 Å². The monoisotopic (exact) mass is 437 g/mol. The number of allylic oxidation sites excluding steroid dienone is 1. The Bertz CT molecular complexity index is 952. The van der Waals surface area contributed by atoms with E-state index in [1.807, 2.05) is 43.6 Å². The van der Waals surface area contributed by atoms with E-state index in [1.165, 1.54) is 51.1 Å². The van der Waals surface area contributed by atoms with E-state index in [4.69, 9.17) is 11.1 Å². The largest absolute Gasteiger partial charge is 0.404 e. The first kappa shape index (κ1) is 26.8. The number of aromatic amines is 1. The number of aromatic nitrogens is 3. The van der Waals surface area contributed by atoms with Gasteiger partial charge in [-0.25, -0.2) is 0 Å². The number of nitrogens with one attached hydrogen (secondary N) is 4. The summed E-state index contributed by atoms with van der Waals surface area (Å²) >= 11 is 0. The maximum absolute atomic E-state index is 7.48. The summed E-state index contributed by atoms with van der Waals surface area (Å²) in [7, 11) is 3.82. The molecule has 0 atom stereocenters. The minimum atomic E-state index is 0. The molecule has 0 bridgehead atoms. The van der Waals surface area contributed by atoms with Gasteiger partial charge < -0.3 is 26.8 Å². The normalized spacial score (nSPS) is 10.8. The Labute approximate surface area is 192 Å². The number of fused-ring (bicyclic) bond motifs is 1. The van der Waals surface area contributed by atoms with Crippen LogP contribution in [0.4, 0.5) is 5.82 Å². The van der Waals surface area contributed by atoms with Crippen LogP contribution in [0, 0.1) is 5.41 Å². The van der Waals surface area contributed by atoms with Gasteiger partial charge in [0.1, 0.15) is 5.82 Å². The molecule has 0 aliphatic rings. The predicted octanol–water partition coefficient (Wildman–Crippen LogP) is 5.43. The molecule has 6 N–H and O–H groups in total. The fraction of sp³-hybridized carbons (Fsp3) is 0.400. The lowest BCUT2D eigenvalue weighted by atomic mass is 9.99. The van der Waals surface area contributed by atoms with Crippen molar-refractivity contribution in [3.63, 3.8) is 0 Å². The van der Waals surface area contributed by atoms with E-state index in [-0.39, 0.29) is 7.43 Å². The van der Waals surface area contributed by atoms with Crippen LogP contribution in [-0.2, 0) is 0 Å². The van der Waals surface area contributed by atoms with Crippen molar-refractivity contribution in [3.8, 4) is 11.3 Å². The molecule has 3 aromatic rings. The van der Waals surface area contributed by atoms with Crippen molar-refractivity contribution < 1.29 is 0 Å². The average Bonchev–Trinajstić information content (AvgIpc) is 3.31. The summed E-state index contributed by atoms with van der Waals surface area (Å²) in [4.78, 5) is 3.23. The van der Waals surface area contributed by atoms with Gasteiger partial charge in [-0.3, -0.25) is 0 Å². The van der Waals surface area contributed by atoms with Gasteiger partial charge in [0, 0.05) is 42.2 Å². The van der Waals surface area contributed by atoms with Crippen LogP contribution in [0.1, 0.15) is 52.0 Å². The molecule has 0 aliphatic heterocycles. The minimum Gasteiger partial charge on any atom is -0.404 e. The smallest absolute Gasteiger partial charge is 0.148 e. The van der Waals surface area contributed by atoms with E-state index in [1.54, 1.807) is 7.05 Å². The molecule has 3 rings (SSSR count). The Kier molecular flexibility index (Phi) is 12.4. The maximum atomic E-state index is 7.48. The van der Waals surface area contributed by atoms with Gasteiger partial charge in [0.25, 0.3) is 0 Å². The first-order valence-corrected chi connectivity index (χ1v) is 10.9. The molecule has 0 radical (unpaired) electrons. The maximum Gasteiger partial charge on any atom is 0.148 e. The molecule has 0 spiro atoms. The third kappa shape index (κ3) is 7.20. The van der Waals surface area contributed by atoms with Crippen LogP contribution in [0.25, 0.3) is 27.7 Å². The molecule has 2 heterocycles. The zero-order chi connectivity index (χ0) is 22.5. The molecule has 0 amide bonds. The van der Waals surface area contributed by atoms with Crippen molar-refractivity contribution >= 4 is 28.5 Å². The van der Waals surface area contributed by atoms with Crippen LogP contribution in [0.2, 0.25) is 0 Å². The van der Waals surface area contributed by atoms with E-state index in [9.17, 15) is 0 Å². The Morgan fingerprint density at radius 1 is 1.06 bits per heavy atom. The van der Waals surface area contributed by atoms with Crippen LogP contribution in [-0.4, -0.2) is 42.0 Å². The van der Waals surface area contributed by atoms with Crippen LogP contribution in [0.5, 0.6) is 0 Å². The first-order chi connectivity index (χ1) is 15.2. The third-order valence-electron chi connectivity index (χ3n) is 5.10. The highest BCUT2D eigenvalue weighted by molar-refractivity contribution is 6.14. The zero-order valence-electron chi connectivity index (χ0n) is 18.8. The number of anilines is 1. The molecular weight excluding hydrogens is 398 g/mol. The predicted molar refractivity (Wildman–Crippen MR) is 139 cm³/mol. The fourth-order valence-corrected chi connectivity index (χ4v) is 3.35. The molecule has 7 nitrogen and oxygen atoms in total. The lowest BCUT2D eigenvalue weighted by Gasteiger charge is -2.08. The number of unbranched alkanes of at least 4 members (excludes halogenated alkanes) is 4. The standard InChI is InChI=1S/C16H16N6.C8H19N.CH4/c1-19-15-5-4-14(21-22-15)13-3-2-11(10(8-17)9-18)12-6-7-20-16(12)13;1-3-4-5-6-7-8-9-2;/h2-9,17,20H,18H2,1H3,(H,19,22);9H,3-8H2,1-2H3;1H4/b10-9+,17-8?;;. The molecule has 1 aromatic carbocycles. The highest BCUT2D eigenvalue weighted by atomic mass is 15.2. The Morgan fingerprint density at radius 3 is 2.44 bits per heavy atom. The highest BCUT2D eigenvalue weighted by Gasteiger charge is 2.12. The van der Waals surface area contributed by atoms with Gasteiger partial charge in [-0.2, -0.15) is 0 Å². The Balaban J connectivity index is 0.000000440. The van der Waals surface area contributed by atoms with Gasteiger partial charge in [-0.1, -0.05) is 46.1 Å². The Morgan fingerprint density at radius 2 is 1.84 bits per heavy atom. The highest BCUT2D eigenvalue weighted by Crippen LogP contribution is 2.31. The van der Waals surface area contributed by atoms with Crippen molar-refractivity contribution in [3.05, 3.63) is 48.3 Å². The van der Waals surface area contributed by atoms with Gasteiger partial charge in [0.2, 0.25) is 0 Å². The molecule has 0 unspecified atom stereocenters. The van der Waals surface area contributed by atoms with Crippen molar-refractivity contribution in [2.75, 3.05) is 26.0 Å². The summed E-state index contributed by atoms with van der Waals surface area (Å²) in [5.74, 6) is 0.722. The first-order valence-electron chi connectivity index (χ1n) is 10.9. The SMILES string of the molecule is C.CCCCCCCNC.CNc1ccc(-c2ccc(/C(C=N)=C/N)c3cc[nH]c23)nn1. The number of hydrogen-bond acceptors (Lipinski definition) is 6. The van der Waals surface area contributed by atoms with Crippen LogP contribution in [0.3, 0.4) is 0 Å². The molecule has 0 saturated heterocycles. The number of hydrogen-bond donors (Lipinski definition) is 5. The number of H-pyrrole nitrogens is 1. The molecule has 7 heteroatoms. The minimum absolute atomic E-state index is 0. The second kappa shape index (κ2) is 14.8. The molecule has 32 heavy (non-hydrogen) atoms. The zero-order valence-corrected chi connectivity index (χ0v) is 18.8. The van der Waals surface area contributed by atoms with E-state index in [0.29, 0.717) is 5.57 Å². The van der Waals surface area contributed by atoms with Crippen molar-refractivity contribution in [1.29, 1.82) is 5.41 Å².